The molecule has 13 N–H and O–H groups in total. The molecule has 0 aromatic heterocycles. The minimum Gasteiger partial charge on any atom is -0.460 e. The van der Waals surface area contributed by atoms with Crippen molar-refractivity contribution in [2.75, 3.05) is 34.0 Å². The van der Waals surface area contributed by atoms with E-state index in [1.54, 1.807) is 12.2 Å². The first kappa shape index (κ1) is 61.6. The molecule has 0 amide bonds. The van der Waals surface area contributed by atoms with E-state index in [-0.39, 0.29) is 43.9 Å². The van der Waals surface area contributed by atoms with Gasteiger partial charge in [0.05, 0.1) is 80.4 Å². The number of aliphatic hydroxyl groups excluding tert-OH is 13. The van der Waals surface area contributed by atoms with Gasteiger partial charge in [-0.1, -0.05) is 12.2 Å². The first-order chi connectivity index (χ1) is 37.3. The zero-order chi connectivity index (χ0) is 56.1. The van der Waals surface area contributed by atoms with Crippen LogP contribution in [0.25, 0.3) is 0 Å². The number of ether oxygens (including phenoxy) is 11. The summed E-state index contributed by atoms with van der Waals surface area (Å²) in [5.41, 5.74) is 0. The summed E-state index contributed by atoms with van der Waals surface area (Å²) < 4.78 is 66.0. The second kappa shape index (κ2) is 27.7. The molecule has 29 atom stereocenters. The maximum absolute atomic E-state index is 13.4. The zero-order valence-electron chi connectivity index (χ0n) is 43.8. The molecule has 4 saturated heterocycles. The van der Waals surface area contributed by atoms with Gasteiger partial charge in [0.25, 0.3) is 0 Å². The van der Waals surface area contributed by atoms with E-state index >= 15 is 0 Å². The summed E-state index contributed by atoms with van der Waals surface area (Å²) in [4.78, 5) is 26.6. The Morgan fingerprint density at radius 1 is 0.513 bits per heavy atom. The average Bonchev–Trinajstić information content (AvgIpc) is 3.43. The van der Waals surface area contributed by atoms with Crippen LogP contribution in [0.1, 0.15) is 77.0 Å². The molecule has 15 unspecified atom stereocenters. The third-order valence-corrected chi connectivity index (χ3v) is 17.1. The Morgan fingerprint density at radius 3 is 1.77 bits per heavy atom. The van der Waals surface area contributed by atoms with E-state index in [0.29, 0.717) is 44.9 Å². The summed E-state index contributed by atoms with van der Waals surface area (Å²) in [6.07, 6.45) is -24.3. The lowest BCUT2D eigenvalue weighted by Gasteiger charge is -2.53. The number of fused-ring (bicyclic) bond motifs is 1. The van der Waals surface area contributed by atoms with Crippen LogP contribution in [0, 0.1) is 23.7 Å². The van der Waals surface area contributed by atoms with Crippen LogP contribution in [-0.2, 0) is 61.7 Å². The lowest BCUT2D eigenvalue weighted by atomic mass is 9.72. The topological polar surface area (TPSA) is 399 Å². The molecular formula is C52H82O26. The molecule has 4 heterocycles. The van der Waals surface area contributed by atoms with Crippen LogP contribution in [0.15, 0.2) is 24.3 Å². The number of methoxy groups -OCH3 is 2. The molecule has 4 aliphatic heterocycles. The van der Waals surface area contributed by atoms with Gasteiger partial charge in [-0.3, -0.25) is 0 Å². The molecule has 26 heteroatoms. The number of carbonyl (C=O) groups excluding carboxylic acids is 2. The summed E-state index contributed by atoms with van der Waals surface area (Å²) in [7, 11) is 2.96. The highest BCUT2D eigenvalue weighted by molar-refractivity contribution is 5.82. The molecule has 26 nitrogen and oxygen atoms in total. The highest BCUT2D eigenvalue weighted by atomic mass is 16.8. The normalized spacial score (nSPS) is 48.6. The Hall–Kier alpha value is -2.46. The van der Waals surface area contributed by atoms with Gasteiger partial charge in [0, 0.05) is 38.7 Å². The summed E-state index contributed by atoms with van der Waals surface area (Å²) in [5, 5.41) is 141. The average molecular weight is 1120 g/mol. The molecule has 446 valence electrons. The van der Waals surface area contributed by atoms with E-state index < -0.39 is 197 Å². The maximum atomic E-state index is 13.4. The van der Waals surface area contributed by atoms with E-state index in [1.165, 1.54) is 20.3 Å². The Morgan fingerprint density at radius 2 is 1.13 bits per heavy atom. The van der Waals surface area contributed by atoms with Gasteiger partial charge in [0.2, 0.25) is 0 Å². The number of aliphatic hydroxyl groups is 13. The smallest absolute Gasteiger partial charge is 0.330 e. The second-order valence-corrected chi connectivity index (χ2v) is 22.4. The molecule has 0 bridgehead atoms. The van der Waals surface area contributed by atoms with E-state index in [2.05, 4.69) is 0 Å². The van der Waals surface area contributed by atoms with E-state index in [0.717, 1.165) is 6.08 Å². The maximum Gasteiger partial charge on any atom is 0.330 e. The number of hydrogen-bond donors (Lipinski definition) is 13. The van der Waals surface area contributed by atoms with Crippen molar-refractivity contribution < 1.29 is 128 Å². The Bertz CT molecular complexity index is 1960. The van der Waals surface area contributed by atoms with Crippen molar-refractivity contribution in [3.63, 3.8) is 0 Å². The molecule has 0 spiro atoms. The van der Waals surface area contributed by atoms with Gasteiger partial charge in [0.1, 0.15) is 67.6 Å². The van der Waals surface area contributed by atoms with Crippen LogP contribution < -0.4 is 0 Å². The number of esters is 2. The highest BCUT2D eigenvalue weighted by Crippen LogP contribution is 2.45. The number of hydrogen-bond acceptors (Lipinski definition) is 26. The quantitative estimate of drug-likeness (QED) is 0.0486. The Kier molecular flexibility index (Phi) is 21.9. The molecule has 0 aromatic carbocycles. The van der Waals surface area contributed by atoms with E-state index in [4.69, 9.17) is 52.1 Å². The minimum atomic E-state index is -1.98. The fraction of sp³-hybridized carbons (Fsp3) is 0.885. The summed E-state index contributed by atoms with van der Waals surface area (Å²) >= 11 is 0. The van der Waals surface area contributed by atoms with Crippen molar-refractivity contribution in [3.05, 3.63) is 24.3 Å². The molecule has 78 heavy (non-hydrogen) atoms. The van der Waals surface area contributed by atoms with Gasteiger partial charge in [-0.2, -0.15) is 0 Å². The van der Waals surface area contributed by atoms with Crippen LogP contribution >= 0.6 is 0 Å². The molecule has 8 aliphatic rings. The molecular weight excluding hydrogens is 1040 g/mol. The first-order valence-electron chi connectivity index (χ1n) is 27.4. The summed E-state index contributed by atoms with van der Waals surface area (Å²) in [6.45, 7) is -1.92. The molecule has 8 rings (SSSR count). The molecule has 8 fully saturated rings. The fourth-order valence-corrected chi connectivity index (χ4v) is 12.5. The standard InChI is InChI=1S/C52H82O26/c1-68-34-13-22(3-8-28(34)56)5-11-39(60)70-21-38-43(64)45(66)49(78-51-48(41(62)31(59)20-71-51)77-40(61)12-6-23-4-9-29(57)35(14-23)69-2)52(76-38)74-36-18-26-32(72-47(36)24-7-10-27(55)30(58)15-24)16-25(54)17-33(26)73-50-46(67)44(65)42(63)37(19-53)75-50/h5-6,11-12,22-38,41-59,62-67H,3-4,7-10,13-21H2,1-2H3/t22?,23?,24?,25?,26?,27?,28?,29?,30?,31-,32?,33?,34?,35?,36?,37-,38-,41+,42-,43-,44+,45+,46-,47?,48-,49-,50-,51+,52-/m1/s1. The van der Waals surface area contributed by atoms with Crippen LogP contribution in [0.3, 0.4) is 0 Å². The van der Waals surface area contributed by atoms with Gasteiger partial charge in [-0.05, 0) is 88.4 Å². The van der Waals surface area contributed by atoms with E-state index in [9.17, 15) is 76.0 Å². The van der Waals surface area contributed by atoms with Crippen LogP contribution in [0.5, 0.6) is 0 Å². The molecule has 0 aromatic rings. The van der Waals surface area contributed by atoms with E-state index in [1.807, 2.05) is 0 Å². The monoisotopic (exact) mass is 1120 g/mol. The zero-order valence-corrected chi connectivity index (χ0v) is 43.8. The van der Waals surface area contributed by atoms with Crippen molar-refractivity contribution in [2.45, 2.75) is 230 Å². The van der Waals surface area contributed by atoms with Gasteiger partial charge in [0.15, 0.2) is 25.0 Å². The minimum absolute atomic E-state index is 0.000416. The number of allylic oxidation sites excluding steroid dienone is 2. The van der Waals surface area contributed by atoms with Crippen molar-refractivity contribution in [3.8, 4) is 0 Å². The highest BCUT2D eigenvalue weighted by Gasteiger charge is 2.56. The predicted octanol–water partition coefficient (Wildman–Crippen LogP) is -4.16. The first-order valence-corrected chi connectivity index (χ1v) is 27.4. The molecule has 4 saturated carbocycles. The Labute approximate surface area is 451 Å². The number of carbonyl (C=O) groups is 2. The predicted molar refractivity (Wildman–Crippen MR) is 260 cm³/mol. The van der Waals surface area contributed by atoms with Crippen molar-refractivity contribution in [1.82, 2.24) is 0 Å². The van der Waals surface area contributed by atoms with Gasteiger partial charge in [-0.25, -0.2) is 9.59 Å². The lowest BCUT2D eigenvalue weighted by molar-refractivity contribution is -0.373. The molecule has 4 aliphatic carbocycles. The molecule has 0 radical (unpaired) electrons. The van der Waals surface area contributed by atoms with Gasteiger partial charge >= 0.3 is 11.9 Å². The summed E-state index contributed by atoms with van der Waals surface area (Å²) in [6, 6.07) is 0. The number of rotatable bonds is 17. The fourth-order valence-electron chi connectivity index (χ4n) is 12.5. The van der Waals surface area contributed by atoms with Gasteiger partial charge < -0.3 is 118 Å². The third-order valence-electron chi connectivity index (χ3n) is 17.1. The van der Waals surface area contributed by atoms with Crippen molar-refractivity contribution >= 4 is 11.9 Å². The third kappa shape index (κ3) is 14.6. The van der Waals surface area contributed by atoms with Crippen molar-refractivity contribution in [2.24, 2.45) is 23.7 Å². The van der Waals surface area contributed by atoms with Crippen molar-refractivity contribution in [1.29, 1.82) is 0 Å². The summed E-state index contributed by atoms with van der Waals surface area (Å²) in [5.74, 6) is -3.31. The van der Waals surface area contributed by atoms with Gasteiger partial charge in [-0.15, -0.1) is 0 Å². The van der Waals surface area contributed by atoms with Crippen LogP contribution in [0.4, 0.5) is 0 Å². The second-order valence-electron chi connectivity index (χ2n) is 22.4. The Balaban J connectivity index is 1.06. The SMILES string of the molecule is COC1CC(C=CC(=O)OC[C@H]2O[C@@H](OC3CC4C(CC(O)CC4O[C@@H]4O[C@H](CO)[C@@H](O)[C@H](O)[C@H]4O)OC3C3CCC(O)C(O)C3)[C@H](O[C@@H]3OC[C@@H](O)[C@H](O)[C@H]3OC(=O)C=CC3CCC(O)C(OC)C3)[C@@H](O)[C@@H]2O)CCC1O. The largest absolute Gasteiger partial charge is 0.460 e. The lowest BCUT2D eigenvalue weighted by Crippen LogP contribution is -2.65. The van der Waals surface area contributed by atoms with Crippen LogP contribution in [-0.4, -0.2) is 266 Å². The van der Waals surface area contributed by atoms with Crippen LogP contribution in [0.2, 0.25) is 0 Å².